The molecule has 1 saturated carbocycles. The first-order valence-corrected chi connectivity index (χ1v) is 11.8. The third kappa shape index (κ3) is 4.43. The first-order chi connectivity index (χ1) is 13.9. The average Bonchev–Trinajstić information content (AvgIpc) is 3.15. The van der Waals surface area contributed by atoms with Crippen molar-refractivity contribution in [2.75, 3.05) is 11.1 Å². The Hall–Kier alpha value is -2.45. The second kappa shape index (κ2) is 8.12. The van der Waals surface area contributed by atoms with E-state index in [2.05, 4.69) is 15.3 Å². The summed E-state index contributed by atoms with van der Waals surface area (Å²) in [4.78, 5) is 9.00. The molecule has 2 N–H and O–H groups in total. The van der Waals surface area contributed by atoms with E-state index in [1.807, 2.05) is 41.1 Å². The van der Waals surface area contributed by atoms with Crippen LogP contribution in [0.25, 0.3) is 16.7 Å². The third-order valence-corrected chi connectivity index (χ3v) is 7.19. The van der Waals surface area contributed by atoms with Crippen LogP contribution in [0.2, 0.25) is 0 Å². The van der Waals surface area contributed by atoms with Gasteiger partial charge in [-0.15, -0.1) is 0 Å². The van der Waals surface area contributed by atoms with Crippen LogP contribution >= 0.6 is 0 Å². The molecule has 3 aromatic rings. The van der Waals surface area contributed by atoms with E-state index in [0.29, 0.717) is 5.95 Å². The van der Waals surface area contributed by atoms with Crippen LogP contribution in [0.5, 0.6) is 0 Å². The Labute approximate surface area is 170 Å². The van der Waals surface area contributed by atoms with Gasteiger partial charge in [0, 0.05) is 29.6 Å². The molecule has 7 nitrogen and oxygen atoms in total. The second-order valence-corrected chi connectivity index (χ2v) is 9.95. The molecule has 0 aliphatic heterocycles. The zero-order chi connectivity index (χ0) is 20.4. The Morgan fingerprint density at radius 2 is 1.97 bits per heavy atom. The number of nitrogens with one attached hydrogen (secondary N) is 1. The summed E-state index contributed by atoms with van der Waals surface area (Å²) in [6.45, 7) is 1.67. The standard InChI is InChI=1S/C21H26N4O3S/c1-2-29(27,28)14-15-4-3-5-19-18(15)11-13-25(19)20-10-12-22-21(24-20)23-16-6-8-17(26)9-7-16/h3-5,10-13,16-17,26H,2,6-9,14H2,1H3,(H,22,23,24). The minimum Gasteiger partial charge on any atom is -0.393 e. The second-order valence-electron chi connectivity index (χ2n) is 7.60. The van der Waals surface area contributed by atoms with Crippen molar-refractivity contribution in [3.8, 4) is 5.82 Å². The maximum absolute atomic E-state index is 12.1. The fourth-order valence-corrected chi connectivity index (χ4v) is 4.78. The Morgan fingerprint density at radius 1 is 1.17 bits per heavy atom. The zero-order valence-electron chi connectivity index (χ0n) is 16.5. The largest absolute Gasteiger partial charge is 0.393 e. The first kappa shape index (κ1) is 19.8. The van der Waals surface area contributed by atoms with E-state index >= 15 is 0 Å². The molecule has 4 rings (SSSR count). The number of aliphatic hydroxyl groups excluding tert-OH is 1. The van der Waals surface area contributed by atoms with Gasteiger partial charge < -0.3 is 15.0 Å². The van der Waals surface area contributed by atoms with Gasteiger partial charge in [-0.1, -0.05) is 19.1 Å². The van der Waals surface area contributed by atoms with E-state index in [0.717, 1.165) is 48.0 Å². The maximum Gasteiger partial charge on any atom is 0.224 e. The SMILES string of the molecule is CCS(=O)(=O)Cc1cccc2c1ccn2-c1ccnc(NC2CCC(O)CC2)n1. The summed E-state index contributed by atoms with van der Waals surface area (Å²) in [6, 6.07) is 9.76. The number of sulfone groups is 1. The molecular weight excluding hydrogens is 388 g/mol. The molecule has 0 spiro atoms. The molecule has 0 amide bonds. The lowest BCUT2D eigenvalue weighted by molar-refractivity contribution is 0.126. The predicted octanol–water partition coefficient (Wildman–Crippen LogP) is 3.07. The van der Waals surface area contributed by atoms with Gasteiger partial charge in [0.2, 0.25) is 5.95 Å². The average molecular weight is 415 g/mol. The molecule has 0 bridgehead atoms. The van der Waals surface area contributed by atoms with Crippen LogP contribution in [0, 0.1) is 0 Å². The molecule has 0 saturated heterocycles. The molecule has 0 unspecified atom stereocenters. The molecule has 1 fully saturated rings. The van der Waals surface area contributed by atoms with Gasteiger partial charge in [0.1, 0.15) is 5.82 Å². The number of hydrogen-bond donors (Lipinski definition) is 2. The predicted molar refractivity (Wildman–Crippen MR) is 114 cm³/mol. The van der Waals surface area contributed by atoms with Crippen molar-refractivity contribution >= 4 is 26.7 Å². The van der Waals surface area contributed by atoms with E-state index in [4.69, 9.17) is 0 Å². The molecule has 0 radical (unpaired) electrons. The van der Waals surface area contributed by atoms with Gasteiger partial charge in [0.25, 0.3) is 0 Å². The fourth-order valence-electron chi connectivity index (χ4n) is 3.85. The van der Waals surface area contributed by atoms with E-state index in [1.165, 1.54) is 0 Å². The molecule has 1 aliphatic carbocycles. The number of aliphatic hydroxyl groups is 1. The van der Waals surface area contributed by atoms with E-state index < -0.39 is 9.84 Å². The molecule has 1 aromatic carbocycles. The van der Waals surface area contributed by atoms with E-state index in [-0.39, 0.29) is 23.7 Å². The summed E-state index contributed by atoms with van der Waals surface area (Å²) in [6.07, 6.45) is 6.83. The number of hydrogen-bond acceptors (Lipinski definition) is 6. The van der Waals surface area contributed by atoms with Crippen LogP contribution in [0.1, 0.15) is 38.2 Å². The van der Waals surface area contributed by atoms with E-state index in [1.54, 1.807) is 13.1 Å². The molecule has 29 heavy (non-hydrogen) atoms. The van der Waals surface area contributed by atoms with Crippen molar-refractivity contribution in [2.24, 2.45) is 0 Å². The molecule has 1 aliphatic rings. The van der Waals surface area contributed by atoms with Crippen molar-refractivity contribution in [2.45, 2.75) is 50.5 Å². The van der Waals surface area contributed by atoms with Crippen LogP contribution in [0.15, 0.2) is 42.7 Å². The molecule has 2 heterocycles. The maximum atomic E-state index is 12.1. The fraction of sp³-hybridized carbons (Fsp3) is 0.429. The van der Waals surface area contributed by atoms with Crippen LogP contribution in [0.4, 0.5) is 5.95 Å². The Bertz CT molecular complexity index is 1100. The smallest absolute Gasteiger partial charge is 0.224 e. The van der Waals surface area contributed by atoms with Crippen molar-refractivity contribution in [3.63, 3.8) is 0 Å². The van der Waals surface area contributed by atoms with Crippen LogP contribution in [0.3, 0.4) is 0 Å². The molecule has 8 heteroatoms. The van der Waals surface area contributed by atoms with Crippen molar-refractivity contribution in [1.29, 1.82) is 0 Å². The third-order valence-electron chi connectivity index (χ3n) is 5.56. The lowest BCUT2D eigenvalue weighted by Crippen LogP contribution is -2.29. The quantitative estimate of drug-likeness (QED) is 0.643. The van der Waals surface area contributed by atoms with Crippen molar-refractivity contribution in [3.05, 3.63) is 48.3 Å². The number of nitrogens with zero attached hydrogens (tertiary/aromatic N) is 3. The number of aromatic nitrogens is 3. The summed E-state index contributed by atoms with van der Waals surface area (Å²) in [5, 5.41) is 14.0. The van der Waals surface area contributed by atoms with Crippen LogP contribution < -0.4 is 5.32 Å². The lowest BCUT2D eigenvalue weighted by atomic mass is 9.93. The molecule has 154 valence electrons. The number of anilines is 1. The monoisotopic (exact) mass is 414 g/mol. The molecule has 2 aromatic heterocycles. The van der Waals surface area contributed by atoms with Crippen molar-refractivity contribution < 1.29 is 13.5 Å². The van der Waals surface area contributed by atoms with Crippen LogP contribution in [-0.2, 0) is 15.6 Å². The van der Waals surface area contributed by atoms with Crippen molar-refractivity contribution in [1.82, 2.24) is 14.5 Å². The van der Waals surface area contributed by atoms with Gasteiger partial charge >= 0.3 is 0 Å². The zero-order valence-corrected chi connectivity index (χ0v) is 17.3. The van der Waals surface area contributed by atoms with E-state index in [9.17, 15) is 13.5 Å². The Balaban J connectivity index is 1.62. The normalized spacial score (nSPS) is 20.1. The van der Waals surface area contributed by atoms with Gasteiger partial charge in [0.15, 0.2) is 9.84 Å². The molecular formula is C21H26N4O3S. The number of fused-ring (bicyclic) bond motifs is 1. The van der Waals surface area contributed by atoms with Gasteiger partial charge in [-0.25, -0.2) is 13.4 Å². The Morgan fingerprint density at radius 3 is 2.72 bits per heavy atom. The van der Waals surface area contributed by atoms with Crippen LogP contribution in [-0.4, -0.2) is 46.0 Å². The first-order valence-electron chi connectivity index (χ1n) is 10.0. The topological polar surface area (TPSA) is 97.1 Å². The molecule has 0 atom stereocenters. The summed E-state index contributed by atoms with van der Waals surface area (Å²) >= 11 is 0. The Kier molecular flexibility index (Phi) is 5.56. The highest BCUT2D eigenvalue weighted by Crippen LogP contribution is 2.25. The minimum absolute atomic E-state index is 0.0367. The van der Waals surface area contributed by atoms with Gasteiger partial charge in [-0.2, -0.15) is 4.98 Å². The summed E-state index contributed by atoms with van der Waals surface area (Å²) in [5.74, 6) is 1.46. The van der Waals surface area contributed by atoms with Gasteiger partial charge in [-0.3, -0.25) is 0 Å². The highest BCUT2D eigenvalue weighted by Gasteiger charge is 2.20. The van der Waals surface area contributed by atoms with Gasteiger partial charge in [-0.05, 0) is 49.4 Å². The summed E-state index contributed by atoms with van der Waals surface area (Å²) in [7, 11) is -3.11. The number of benzene rings is 1. The summed E-state index contributed by atoms with van der Waals surface area (Å²) < 4.78 is 26.1. The highest BCUT2D eigenvalue weighted by molar-refractivity contribution is 7.90. The van der Waals surface area contributed by atoms with Gasteiger partial charge in [0.05, 0.1) is 17.4 Å². The highest BCUT2D eigenvalue weighted by atomic mass is 32.2. The number of rotatable bonds is 6. The lowest BCUT2D eigenvalue weighted by Gasteiger charge is -2.26. The summed E-state index contributed by atoms with van der Waals surface area (Å²) in [5.41, 5.74) is 1.72. The minimum atomic E-state index is -3.11.